The quantitative estimate of drug-likeness (QED) is 0.196. The Bertz CT molecular complexity index is 1190. The summed E-state index contributed by atoms with van der Waals surface area (Å²) in [5.74, 6) is -2.09. The third-order valence-electron chi connectivity index (χ3n) is 6.22. The van der Waals surface area contributed by atoms with E-state index in [0.717, 1.165) is 25.3 Å². The number of likely N-dealkylation sites (tertiary alicyclic amines) is 1. The van der Waals surface area contributed by atoms with E-state index in [0.29, 0.717) is 25.9 Å². The van der Waals surface area contributed by atoms with Crippen LogP contribution in [0.2, 0.25) is 5.02 Å². The fourth-order valence-electron chi connectivity index (χ4n) is 4.26. The molecule has 1 saturated heterocycles. The number of ether oxygens (including phenoxy) is 1. The molecule has 0 unspecified atom stereocenters. The highest BCUT2D eigenvalue weighted by Gasteiger charge is 2.29. The maximum absolute atomic E-state index is 13.1. The Labute approximate surface area is 232 Å². The van der Waals surface area contributed by atoms with E-state index in [9.17, 15) is 29.0 Å². The van der Waals surface area contributed by atoms with Crippen LogP contribution in [-0.4, -0.2) is 63.2 Å². The Hall–Kier alpha value is -2.85. The van der Waals surface area contributed by atoms with E-state index in [2.05, 4.69) is 9.68 Å². The number of carbonyl (C=O) groups excluding carboxylic acids is 2. The number of esters is 1. The molecule has 2 heterocycles. The van der Waals surface area contributed by atoms with E-state index >= 15 is 0 Å². The molecule has 13 heteroatoms. The van der Waals surface area contributed by atoms with Gasteiger partial charge in [0.1, 0.15) is 17.4 Å². The summed E-state index contributed by atoms with van der Waals surface area (Å²) in [6.45, 7) is 4.75. The van der Waals surface area contributed by atoms with Crippen molar-refractivity contribution >= 4 is 37.0 Å². The van der Waals surface area contributed by atoms with Gasteiger partial charge in [0.25, 0.3) is 5.91 Å². The smallest absolute Gasteiger partial charge is 0.507 e. The Balaban J connectivity index is 2.00. The van der Waals surface area contributed by atoms with Crippen LogP contribution in [0.1, 0.15) is 61.9 Å². The number of fused-ring (bicyclic) bond motifs is 1. The molecule has 1 fully saturated rings. The predicted molar refractivity (Wildman–Crippen MR) is 145 cm³/mol. The average molecular weight is 585 g/mol. The molecule has 0 bridgehead atoms. The summed E-state index contributed by atoms with van der Waals surface area (Å²) in [4.78, 5) is 51.3. The molecule has 0 saturated carbocycles. The van der Waals surface area contributed by atoms with E-state index in [1.165, 1.54) is 0 Å². The van der Waals surface area contributed by atoms with Crippen molar-refractivity contribution in [2.75, 3.05) is 19.7 Å². The van der Waals surface area contributed by atoms with E-state index in [1.54, 1.807) is 17.9 Å². The number of phosphoric acid groups is 1. The molecule has 214 valence electrons. The first kappa shape index (κ1) is 30.7. The molecule has 2 aliphatic heterocycles. The molecule has 0 aromatic heterocycles. The fourth-order valence-corrected chi connectivity index (χ4v) is 4.97. The lowest BCUT2D eigenvalue weighted by molar-refractivity contribution is -0.137. The van der Waals surface area contributed by atoms with Gasteiger partial charge in [-0.3, -0.25) is 14.6 Å². The van der Waals surface area contributed by atoms with Gasteiger partial charge in [0, 0.05) is 32.0 Å². The number of rotatable bonds is 5. The van der Waals surface area contributed by atoms with Gasteiger partial charge in [-0.25, -0.2) is 9.36 Å². The zero-order chi connectivity index (χ0) is 28.6. The number of hydrogen-bond donors (Lipinski definition) is 3. The molecule has 11 nitrogen and oxygen atoms in total. The summed E-state index contributed by atoms with van der Waals surface area (Å²) in [6, 6.07) is 0.845. The highest BCUT2D eigenvalue weighted by atomic mass is 35.5. The molecule has 1 aromatic carbocycles. The number of cyclic esters (lactones) is 1. The van der Waals surface area contributed by atoms with Gasteiger partial charge in [-0.1, -0.05) is 41.9 Å². The van der Waals surface area contributed by atoms with Crippen molar-refractivity contribution in [1.82, 2.24) is 4.90 Å². The summed E-state index contributed by atoms with van der Waals surface area (Å²) in [5, 5.41) is 14.5. The van der Waals surface area contributed by atoms with E-state index in [4.69, 9.17) is 21.2 Å². The molecule has 1 aromatic rings. The van der Waals surface area contributed by atoms with Crippen molar-refractivity contribution in [1.29, 1.82) is 0 Å². The molecule has 3 N–H and O–H groups in total. The fraction of sp³-hybridized carbons (Fsp3) is 0.500. The monoisotopic (exact) mass is 584 g/mol. The SMILES string of the molecule is C[C@@H]1C/C=C/[C@H](C)C/C=C/C(=N\OCC(=O)N2CCCCC2)Cc2c(Cl)c(OP(=O)(O)O)cc(O)c2C(=O)O1. The van der Waals surface area contributed by atoms with Crippen molar-refractivity contribution in [2.24, 2.45) is 11.1 Å². The van der Waals surface area contributed by atoms with Crippen LogP contribution in [0.15, 0.2) is 35.5 Å². The Morgan fingerprint density at radius 3 is 2.62 bits per heavy atom. The summed E-state index contributed by atoms with van der Waals surface area (Å²) < 4.78 is 21.6. The second-order valence-corrected chi connectivity index (χ2v) is 11.2. The van der Waals surface area contributed by atoms with E-state index in [1.807, 2.05) is 25.2 Å². The second-order valence-electron chi connectivity index (χ2n) is 9.61. The van der Waals surface area contributed by atoms with Gasteiger partial charge in [-0.2, -0.15) is 0 Å². The van der Waals surface area contributed by atoms with Crippen LogP contribution in [0.5, 0.6) is 11.5 Å². The largest absolute Gasteiger partial charge is 0.524 e. The number of amides is 1. The number of carbonyl (C=O) groups is 2. The Kier molecular flexibility index (Phi) is 11.0. The van der Waals surface area contributed by atoms with Gasteiger partial charge in [0.05, 0.1) is 10.7 Å². The molecular weight excluding hydrogens is 551 g/mol. The molecule has 0 radical (unpaired) electrons. The summed E-state index contributed by atoms with van der Waals surface area (Å²) >= 11 is 6.45. The summed E-state index contributed by atoms with van der Waals surface area (Å²) in [5.41, 5.74) is -0.0939. The van der Waals surface area contributed by atoms with Crippen molar-refractivity contribution in [3.63, 3.8) is 0 Å². The van der Waals surface area contributed by atoms with Crippen molar-refractivity contribution < 1.29 is 43.1 Å². The van der Waals surface area contributed by atoms with E-state index < -0.39 is 31.4 Å². The van der Waals surface area contributed by atoms with Crippen LogP contribution < -0.4 is 4.52 Å². The van der Waals surface area contributed by atoms with Gasteiger partial charge in [0.15, 0.2) is 12.4 Å². The average Bonchev–Trinajstić information content (AvgIpc) is 2.85. The molecule has 3 rings (SSSR count). The van der Waals surface area contributed by atoms with Crippen LogP contribution >= 0.6 is 19.4 Å². The normalized spacial score (nSPS) is 23.8. The first-order valence-electron chi connectivity index (χ1n) is 12.7. The minimum absolute atomic E-state index is 0.0349. The van der Waals surface area contributed by atoms with Gasteiger partial charge in [-0.15, -0.1) is 0 Å². The number of hydrogen-bond acceptors (Lipinski definition) is 8. The standard InChI is InChI=1S/C26H34ClN2O9P/c1-17-8-6-10-18(2)37-26(32)24-20(25(27)22(15-21(24)30)38-39(33,34)35)14-19(11-7-9-17)28-36-16-23(31)29-12-4-3-5-13-29/h6-8,11,15,17-18,30H,3-5,9-10,12-14,16H2,1-2H3,(H2,33,34,35)/b8-6+,11-7+,28-19+/t17-,18+/m0/s1. The Morgan fingerprint density at radius 2 is 1.92 bits per heavy atom. The Morgan fingerprint density at radius 1 is 1.21 bits per heavy atom. The highest BCUT2D eigenvalue weighted by Crippen LogP contribution is 2.45. The maximum Gasteiger partial charge on any atom is 0.524 e. The number of nitrogens with zero attached hydrogens (tertiary/aromatic N) is 2. The molecule has 1 amide bonds. The minimum Gasteiger partial charge on any atom is -0.507 e. The molecule has 0 aliphatic carbocycles. The lowest BCUT2D eigenvalue weighted by Gasteiger charge is -2.26. The molecule has 2 aliphatic rings. The number of aromatic hydroxyl groups is 1. The van der Waals surface area contributed by atoms with Crippen molar-refractivity contribution in [2.45, 2.75) is 58.5 Å². The van der Waals surface area contributed by atoms with Gasteiger partial charge >= 0.3 is 13.8 Å². The number of benzene rings is 1. The number of allylic oxidation sites excluding steroid dienone is 3. The summed E-state index contributed by atoms with van der Waals surface area (Å²) in [7, 11) is -5.05. The second kappa shape index (κ2) is 14.0. The zero-order valence-electron chi connectivity index (χ0n) is 21.9. The lowest BCUT2D eigenvalue weighted by atomic mass is 9.98. The maximum atomic E-state index is 13.1. The van der Waals surface area contributed by atoms with Crippen LogP contribution in [0.4, 0.5) is 0 Å². The molecule has 2 atom stereocenters. The minimum atomic E-state index is -5.05. The zero-order valence-corrected chi connectivity index (χ0v) is 23.6. The summed E-state index contributed by atoms with van der Waals surface area (Å²) in [6.07, 6.45) is 10.7. The predicted octanol–water partition coefficient (Wildman–Crippen LogP) is 4.53. The number of phosphoric ester groups is 1. The van der Waals surface area contributed by atoms with Gasteiger partial charge < -0.3 is 24.1 Å². The number of oxime groups is 1. The first-order chi connectivity index (χ1) is 18.4. The number of phenolic OH excluding ortho intramolecular Hbond substituents is 1. The van der Waals surface area contributed by atoms with Crippen LogP contribution in [0, 0.1) is 5.92 Å². The van der Waals surface area contributed by atoms with Crippen molar-refractivity contribution in [3.8, 4) is 11.5 Å². The lowest BCUT2D eigenvalue weighted by Crippen LogP contribution is -2.37. The van der Waals surface area contributed by atoms with Crippen molar-refractivity contribution in [3.05, 3.63) is 46.5 Å². The topological polar surface area (TPSA) is 155 Å². The number of phenols is 1. The van der Waals surface area contributed by atoms with Gasteiger partial charge in [-0.05, 0) is 50.2 Å². The number of halogens is 1. The third-order valence-corrected chi connectivity index (χ3v) is 7.07. The first-order valence-corrected chi connectivity index (χ1v) is 14.7. The highest BCUT2D eigenvalue weighted by molar-refractivity contribution is 7.46. The van der Waals surface area contributed by atoms with Crippen LogP contribution in [0.3, 0.4) is 0 Å². The van der Waals surface area contributed by atoms with Crippen LogP contribution in [0.25, 0.3) is 0 Å². The van der Waals surface area contributed by atoms with Crippen LogP contribution in [-0.2, 0) is 25.4 Å². The molecule has 0 spiro atoms. The number of piperidine rings is 1. The molecule has 39 heavy (non-hydrogen) atoms. The van der Waals surface area contributed by atoms with E-state index in [-0.39, 0.29) is 46.7 Å². The van der Waals surface area contributed by atoms with Gasteiger partial charge in [0.2, 0.25) is 0 Å². The third kappa shape index (κ3) is 9.39. The molecular formula is C26H34ClN2O9P.